The Hall–Kier alpha value is -3.57. The summed E-state index contributed by atoms with van der Waals surface area (Å²) in [7, 11) is 1.25. The van der Waals surface area contributed by atoms with E-state index in [4.69, 9.17) is 0 Å². The fourth-order valence-corrected chi connectivity index (χ4v) is 3.88. The number of benzene rings is 2. The van der Waals surface area contributed by atoms with Gasteiger partial charge in [-0.25, -0.2) is 0 Å². The van der Waals surface area contributed by atoms with Crippen LogP contribution in [0.25, 0.3) is 11.1 Å². The van der Waals surface area contributed by atoms with Crippen LogP contribution in [0.5, 0.6) is 0 Å². The minimum absolute atomic E-state index is 0.0105. The molecule has 1 atom stereocenters. The third kappa shape index (κ3) is 6.41. The normalized spacial score (nSPS) is 13.4. The van der Waals surface area contributed by atoms with Gasteiger partial charge in [-0.3, -0.25) is 9.78 Å². The molecule has 0 saturated carbocycles. The zero-order valence-electron chi connectivity index (χ0n) is 19.3. The third-order valence-electron chi connectivity index (χ3n) is 5.62. The van der Waals surface area contributed by atoms with E-state index in [0.29, 0.717) is 12.1 Å². The number of alkyl halides is 9. The van der Waals surface area contributed by atoms with Crippen LogP contribution in [0.15, 0.2) is 60.9 Å². The fourth-order valence-electron chi connectivity index (χ4n) is 3.88. The Bertz CT molecular complexity index is 1250. The smallest absolute Gasteiger partial charge is 0.315 e. The molecule has 0 spiro atoms. The summed E-state index contributed by atoms with van der Waals surface area (Å²) >= 11 is 0. The Labute approximate surface area is 205 Å². The van der Waals surface area contributed by atoms with E-state index in [2.05, 4.69) is 4.98 Å². The van der Waals surface area contributed by atoms with E-state index in [9.17, 15) is 44.3 Å². The van der Waals surface area contributed by atoms with Gasteiger partial charge in [0.15, 0.2) is 0 Å². The molecule has 198 valence electrons. The summed E-state index contributed by atoms with van der Waals surface area (Å²) in [5.74, 6) is -1.85. The van der Waals surface area contributed by atoms with Gasteiger partial charge < -0.3 is 4.90 Å². The highest BCUT2D eigenvalue weighted by atomic mass is 19.4. The molecular weight excluding hydrogens is 515 g/mol. The van der Waals surface area contributed by atoms with Crippen molar-refractivity contribution in [3.8, 4) is 11.1 Å². The standard InChI is InChI=1S/C25H19F9N2O/c1-14(9-15-10-16(23(26,27)28)12-17(11-15)24(29,30)31)22(37)36(2)21-7-8-35-13-19(21)18-5-3-4-6-20(18)25(32,33)34/h3-8,10-14H,9H2,1-2H3. The second kappa shape index (κ2) is 10.1. The Morgan fingerprint density at radius 2 is 1.41 bits per heavy atom. The van der Waals surface area contributed by atoms with Gasteiger partial charge in [-0.15, -0.1) is 0 Å². The maximum absolute atomic E-state index is 13.6. The Morgan fingerprint density at radius 3 is 1.95 bits per heavy atom. The van der Waals surface area contributed by atoms with Gasteiger partial charge in [0.25, 0.3) is 0 Å². The zero-order valence-corrected chi connectivity index (χ0v) is 19.3. The number of hydrogen-bond donors (Lipinski definition) is 0. The highest BCUT2D eigenvalue weighted by molar-refractivity contribution is 5.98. The number of anilines is 1. The molecule has 1 heterocycles. The summed E-state index contributed by atoms with van der Waals surface area (Å²) in [4.78, 5) is 18.0. The second-order valence-corrected chi connectivity index (χ2v) is 8.35. The molecule has 0 aliphatic rings. The molecule has 1 aromatic heterocycles. The molecule has 0 aliphatic heterocycles. The number of halogens is 9. The molecule has 0 aliphatic carbocycles. The van der Waals surface area contributed by atoms with Gasteiger partial charge in [0.2, 0.25) is 5.91 Å². The lowest BCUT2D eigenvalue weighted by Gasteiger charge is -2.25. The van der Waals surface area contributed by atoms with Crippen molar-refractivity contribution < 1.29 is 44.3 Å². The quantitative estimate of drug-likeness (QED) is 0.315. The van der Waals surface area contributed by atoms with Crippen LogP contribution >= 0.6 is 0 Å². The predicted molar refractivity (Wildman–Crippen MR) is 117 cm³/mol. The SMILES string of the molecule is CC(Cc1cc(C(F)(F)F)cc(C(F)(F)F)c1)C(=O)N(C)c1ccncc1-c1ccccc1C(F)(F)F. The summed E-state index contributed by atoms with van der Waals surface area (Å²) in [6.07, 6.45) is -12.9. The molecule has 3 aromatic rings. The van der Waals surface area contributed by atoms with E-state index in [0.717, 1.165) is 17.2 Å². The van der Waals surface area contributed by atoms with Crippen molar-refractivity contribution in [2.45, 2.75) is 31.9 Å². The Kier molecular flexibility index (Phi) is 7.62. The average molecular weight is 534 g/mol. The number of carbonyl (C=O) groups excluding carboxylic acids is 1. The first-order valence-corrected chi connectivity index (χ1v) is 10.7. The van der Waals surface area contributed by atoms with Gasteiger partial charge in [-0.2, -0.15) is 39.5 Å². The minimum atomic E-state index is -5.04. The zero-order chi connectivity index (χ0) is 27.8. The number of amides is 1. The molecule has 37 heavy (non-hydrogen) atoms. The van der Waals surface area contributed by atoms with Gasteiger partial charge in [-0.1, -0.05) is 25.1 Å². The van der Waals surface area contributed by atoms with E-state index in [1.807, 2.05) is 0 Å². The average Bonchev–Trinajstić information content (AvgIpc) is 2.81. The molecule has 0 N–H and O–H groups in total. The largest absolute Gasteiger partial charge is 0.417 e. The van der Waals surface area contributed by atoms with Crippen molar-refractivity contribution >= 4 is 11.6 Å². The molecule has 3 nitrogen and oxygen atoms in total. The maximum Gasteiger partial charge on any atom is 0.417 e. The molecule has 0 fully saturated rings. The molecular formula is C25H19F9N2O. The van der Waals surface area contributed by atoms with Crippen LogP contribution < -0.4 is 4.90 Å². The van der Waals surface area contributed by atoms with Crippen LogP contribution in [-0.2, 0) is 29.7 Å². The summed E-state index contributed by atoms with van der Waals surface area (Å²) < 4.78 is 120. The first-order valence-electron chi connectivity index (χ1n) is 10.7. The van der Waals surface area contributed by atoms with Crippen LogP contribution in [0.3, 0.4) is 0 Å². The maximum atomic E-state index is 13.6. The van der Waals surface area contributed by atoms with Crippen molar-refractivity contribution in [3.05, 3.63) is 83.2 Å². The van der Waals surface area contributed by atoms with E-state index in [-0.39, 0.29) is 28.4 Å². The highest BCUT2D eigenvalue weighted by Gasteiger charge is 2.37. The van der Waals surface area contributed by atoms with Crippen molar-refractivity contribution in [3.63, 3.8) is 0 Å². The lowest BCUT2D eigenvalue weighted by Crippen LogP contribution is -2.33. The van der Waals surface area contributed by atoms with Crippen LogP contribution in [0, 0.1) is 5.92 Å². The van der Waals surface area contributed by atoms with Crippen molar-refractivity contribution in [2.24, 2.45) is 5.92 Å². The lowest BCUT2D eigenvalue weighted by atomic mass is 9.95. The minimum Gasteiger partial charge on any atom is -0.315 e. The molecule has 1 unspecified atom stereocenters. The number of rotatable bonds is 5. The van der Waals surface area contributed by atoms with Crippen molar-refractivity contribution in [1.82, 2.24) is 4.98 Å². The highest BCUT2D eigenvalue weighted by Crippen LogP contribution is 2.40. The summed E-state index contributed by atoms with van der Waals surface area (Å²) in [6.45, 7) is 1.30. The lowest BCUT2D eigenvalue weighted by molar-refractivity contribution is -0.143. The van der Waals surface area contributed by atoms with Gasteiger partial charge >= 0.3 is 18.5 Å². The number of hydrogen-bond acceptors (Lipinski definition) is 2. The Balaban J connectivity index is 1.96. The van der Waals surface area contributed by atoms with Gasteiger partial charge in [0, 0.05) is 30.9 Å². The topological polar surface area (TPSA) is 33.2 Å². The van der Waals surface area contributed by atoms with Crippen LogP contribution in [0.2, 0.25) is 0 Å². The first kappa shape index (κ1) is 28.0. The first-order chi connectivity index (χ1) is 17.0. The molecule has 0 radical (unpaired) electrons. The third-order valence-corrected chi connectivity index (χ3v) is 5.62. The summed E-state index contributed by atoms with van der Waals surface area (Å²) in [5.41, 5.74) is -4.61. The number of nitrogens with zero attached hydrogens (tertiary/aromatic N) is 2. The molecule has 3 rings (SSSR count). The van der Waals surface area contributed by atoms with Gasteiger partial charge in [-0.05, 0) is 47.9 Å². The molecule has 0 bridgehead atoms. The monoisotopic (exact) mass is 534 g/mol. The molecule has 2 aromatic carbocycles. The van der Waals surface area contributed by atoms with E-state index in [1.54, 1.807) is 0 Å². The van der Waals surface area contributed by atoms with Crippen molar-refractivity contribution in [1.29, 1.82) is 0 Å². The number of pyridine rings is 1. The molecule has 12 heteroatoms. The Morgan fingerprint density at radius 1 is 0.838 bits per heavy atom. The van der Waals surface area contributed by atoms with Crippen LogP contribution in [0.1, 0.15) is 29.2 Å². The van der Waals surface area contributed by atoms with E-state index in [1.165, 1.54) is 44.4 Å². The predicted octanol–water partition coefficient (Wildman–Crippen LogP) is 7.65. The van der Waals surface area contributed by atoms with Crippen LogP contribution in [-0.4, -0.2) is 17.9 Å². The summed E-state index contributed by atoms with van der Waals surface area (Å²) in [6, 6.07) is 6.99. The van der Waals surface area contributed by atoms with E-state index >= 15 is 0 Å². The second-order valence-electron chi connectivity index (χ2n) is 8.35. The van der Waals surface area contributed by atoms with Crippen LogP contribution in [0.4, 0.5) is 45.2 Å². The van der Waals surface area contributed by atoms with Gasteiger partial charge in [0.1, 0.15) is 0 Å². The van der Waals surface area contributed by atoms with Gasteiger partial charge in [0.05, 0.1) is 22.4 Å². The number of carbonyl (C=O) groups is 1. The summed E-state index contributed by atoms with van der Waals surface area (Å²) in [5, 5.41) is 0. The van der Waals surface area contributed by atoms with E-state index < -0.39 is 53.5 Å². The number of aromatic nitrogens is 1. The fraction of sp³-hybridized carbons (Fsp3) is 0.280. The van der Waals surface area contributed by atoms with Crippen molar-refractivity contribution in [2.75, 3.05) is 11.9 Å². The molecule has 1 amide bonds. The molecule has 0 saturated heterocycles.